The third-order valence-corrected chi connectivity index (χ3v) is 4.20. The van der Waals surface area contributed by atoms with Crippen molar-refractivity contribution in [2.75, 3.05) is 24.5 Å². The van der Waals surface area contributed by atoms with Gasteiger partial charge in [0.15, 0.2) is 0 Å². The number of fused-ring (bicyclic) bond motifs is 1. The third kappa shape index (κ3) is 3.96. The monoisotopic (exact) mass is 352 g/mol. The molecule has 1 N–H and O–H groups in total. The molecule has 0 unspecified atom stereocenters. The first-order valence-corrected chi connectivity index (χ1v) is 8.58. The fraction of sp³-hybridized carbons (Fsp3) is 0.250. The minimum Gasteiger partial charge on any atom is -0.370 e. The van der Waals surface area contributed by atoms with Crippen molar-refractivity contribution < 1.29 is 9.18 Å². The number of nitrogens with zero attached hydrogens (tertiary/aromatic N) is 3. The van der Waals surface area contributed by atoms with Crippen molar-refractivity contribution in [2.45, 2.75) is 13.8 Å². The van der Waals surface area contributed by atoms with Gasteiger partial charge in [-0.3, -0.25) is 14.8 Å². The molecular weight excluding hydrogens is 331 g/mol. The van der Waals surface area contributed by atoms with Gasteiger partial charge in [-0.05, 0) is 37.6 Å². The van der Waals surface area contributed by atoms with E-state index in [1.54, 1.807) is 0 Å². The fourth-order valence-electron chi connectivity index (χ4n) is 2.91. The van der Waals surface area contributed by atoms with Gasteiger partial charge in [-0.25, -0.2) is 4.39 Å². The van der Waals surface area contributed by atoms with Gasteiger partial charge in [0.05, 0.1) is 11.1 Å². The molecule has 1 amide bonds. The Bertz CT molecular complexity index is 929. The molecule has 1 aromatic heterocycles. The van der Waals surface area contributed by atoms with Gasteiger partial charge in [0.2, 0.25) is 0 Å². The maximum Gasteiger partial charge on any atom is 0.253 e. The van der Waals surface area contributed by atoms with Crippen molar-refractivity contribution in [3.8, 4) is 0 Å². The van der Waals surface area contributed by atoms with E-state index in [4.69, 9.17) is 0 Å². The molecule has 0 aliphatic carbocycles. The van der Waals surface area contributed by atoms with Crippen molar-refractivity contribution in [1.82, 2.24) is 15.3 Å². The van der Waals surface area contributed by atoms with Crippen LogP contribution >= 0.6 is 0 Å². The lowest BCUT2D eigenvalue weighted by Gasteiger charge is -2.23. The Balaban J connectivity index is 1.69. The van der Waals surface area contributed by atoms with Gasteiger partial charge >= 0.3 is 0 Å². The zero-order valence-corrected chi connectivity index (χ0v) is 14.9. The van der Waals surface area contributed by atoms with Crippen LogP contribution in [0.5, 0.6) is 0 Å². The summed E-state index contributed by atoms with van der Waals surface area (Å²) in [7, 11) is 0. The number of halogens is 1. The third-order valence-electron chi connectivity index (χ3n) is 4.20. The number of carbonyl (C=O) groups excluding carboxylic acids is 1. The number of hydrogen-bond donors (Lipinski definition) is 1. The number of rotatable bonds is 6. The van der Waals surface area contributed by atoms with Crippen molar-refractivity contribution in [2.24, 2.45) is 0 Å². The summed E-state index contributed by atoms with van der Waals surface area (Å²) in [6.07, 6.45) is 2.97. The summed E-state index contributed by atoms with van der Waals surface area (Å²) in [5.41, 5.74) is 3.27. The number of hydrogen-bond acceptors (Lipinski definition) is 4. The molecule has 3 rings (SSSR count). The lowest BCUT2D eigenvalue weighted by atomic mass is 10.1. The molecule has 0 aliphatic heterocycles. The van der Waals surface area contributed by atoms with E-state index in [-0.39, 0.29) is 11.5 Å². The number of aromatic nitrogens is 2. The van der Waals surface area contributed by atoms with Crippen LogP contribution in [0.3, 0.4) is 0 Å². The van der Waals surface area contributed by atoms with Gasteiger partial charge in [0, 0.05) is 43.8 Å². The van der Waals surface area contributed by atoms with Crippen molar-refractivity contribution in [3.05, 3.63) is 65.7 Å². The summed E-state index contributed by atoms with van der Waals surface area (Å²) < 4.78 is 13.8. The smallest absolute Gasteiger partial charge is 0.253 e. The zero-order chi connectivity index (χ0) is 18.5. The van der Waals surface area contributed by atoms with Gasteiger partial charge in [-0.15, -0.1) is 0 Å². The molecule has 6 heteroatoms. The Morgan fingerprint density at radius 1 is 1.19 bits per heavy atom. The topological polar surface area (TPSA) is 58.1 Å². The lowest BCUT2D eigenvalue weighted by Crippen LogP contribution is -2.35. The Hall–Kier alpha value is -3.02. The van der Waals surface area contributed by atoms with E-state index in [0.717, 1.165) is 12.2 Å². The molecule has 5 nitrogen and oxygen atoms in total. The summed E-state index contributed by atoms with van der Waals surface area (Å²) >= 11 is 0. The Morgan fingerprint density at radius 3 is 2.77 bits per heavy atom. The lowest BCUT2D eigenvalue weighted by molar-refractivity contribution is 0.0955. The molecule has 0 spiro atoms. The second-order valence-electron chi connectivity index (χ2n) is 6.05. The number of likely N-dealkylation sites (N-methyl/N-ethyl adjacent to an activating group) is 1. The van der Waals surface area contributed by atoms with Crippen LogP contribution in [0.4, 0.5) is 10.1 Å². The van der Waals surface area contributed by atoms with Crippen LogP contribution in [0.25, 0.3) is 11.0 Å². The summed E-state index contributed by atoms with van der Waals surface area (Å²) in [5, 5.41) is 2.85. The number of amides is 1. The minimum absolute atomic E-state index is 0.201. The quantitative estimate of drug-likeness (QED) is 0.739. The summed E-state index contributed by atoms with van der Waals surface area (Å²) in [6.45, 7) is 6.05. The Labute approximate surface area is 151 Å². The second kappa shape index (κ2) is 7.91. The Kier molecular flexibility index (Phi) is 5.41. The number of aryl methyl sites for hydroxylation is 1. The zero-order valence-electron chi connectivity index (χ0n) is 14.9. The molecule has 0 saturated carbocycles. The predicted molar refractivity (Wildman–Crippen MR) is 101 cm³/mol. The highest BCUT2D eigenvalue weighted by Gasteiger charge is 2.14. The van der Waals surface area contributed by atoms with E-state index in [1.807, 2.05) is 12.1 Å². The first-order valence-electron chi connectivity index (χ1n) is 8.58. The first-order chi connectivity index (χ1) is 12.6. The van der Waals surface area contributed by atoms with Crippen LogP contribution in [0.2, 0.25) is 0 Å². The van der Waals surface area contributed by atoms with E-state index in [9.17, 15) is 9.18 Å². The molecule has 0 saturated heterocycles. The fourth-order valence-corrected chi connectivity index (χ4v) is 2.91. The molecule has 0 atom stereocenters. The molecule has 3 aromatic rings. The molecular formula is C20H21FN4O. The van der Waals surface area contributed by atoms with Gasteiger partial charge in [0.1, 0.15) is 11.3 Å². The van der Waals surface area contributed by atoms with Crippen molar-refractivity contribution in [1.29, 1.82) is 0 Å². The average Bonchev–Trinajstić information content (AvgIpc) is 2.64. The highest BCUT2D eigenvalue weighted by molar-refractivity contribution is 6.04. The largest absolute Gasteiger partial charge is 0.370 e. The molecule has 2 aromatic carbocycles. The predicted octanol–water partition coefficient (Wildman–Crippen LogP) is 3.33. The van der Waals surface area contributed by atoms with Crippen molar-refractivity contribution >= 4 is 22.6 Å². The van der Waals surface area contributed by atoms with Gasteiger partial charge < -0.3 is 10.2 Å². The highest BCUT2D eigenvalue weighted by atomic mass is 19.1. The SMILES string of the molecule is CCN(CCNC(=O)c1cc(F)cc2nccnc12)c1cccc(C)c1. The average molecular weight is 352 g/mol. The van der Waals surface area contributed by atoms with Gasteiger partial charge in [-0.2, -0.15) is 0 Å². The van der Waals surface area contributed by atoms with Gasteiger partial charge in [-0.1, -0.05) is 12.1 Å². The van der Waals surface area contributed by atoms with Crippen LogP contribution in [0.15, 0.2) is 48.8 Å². The molecule has 26 heavy (non-hydrogen) atoms. The highest BCUT2D eigenvalue weighted by Crippen LogP contribution is 2.17. The van der Waals surface area contributed by atoms with Crippen LogP contribution in [0.1, 0.15) is 22.8 Å². The summed E-state index contributed by atoms with van der Waals surface area (Å²) in [4.78, 5) is 22.9. The van der Waals surface area contributed by atoms with E-state index < -0.39 is 5.82 Å². The molecule has 0 fully saturated rings. The number of anilines is 1. The molecule has 1 heterocycles. The molecule has 0 radical (unpaired) electrons. The standard InChI is InChI=1S/C20H21FN4O/c1-3-25(16-6-4-5-14(2)11-16)10-9-24-20(26)17-12-15(21)13-18-19(17)23-8-7-22-18/h4-8,11-13H,3,9-10H2,1-2H3,(H,24,26). The molecule has 0 aliphatic rings. The normalized spacial score (nSPS) is 10.7. The molecule has 0 bridgehead atoms. The van der Waals surface area contributed by atoms with Crippen LogP contribution in [-0.4, -0.2) is 35.5 Å². The van der Waals surface area contributed by atoms with E-state index in [1.165, 1.54) is 30.1 Å². The number of carbonyl (C=O) groups is 1. The van der Waals surface area contributed by atoms with E-state index >= 15 is 0 Å². The molecule has 134 valence electrons. The van der Waals surface area contributed by atoms with Gasteiger partial charge in [0.25, 0.3) is 5.91 Å². The number of nitrogens with one attached hydrogen (secondary N) is 1. The van der Waals surface area contributed by atoms with E-state index in [2.05, 4.69) is 46.2 Å². The van der Waals surface area contributed by atoms with E-state index in [0.29, 0.717) is 24.1 Å². The van der Waals surface area contributed by atoms with Crippen LogP contribution in [-0.2, 0) is 0 Å². The Morgan fingerprint density at radius 2 is 2.00 bits per heavy atom. The summed E-state index contributed by atoms with van der Waals surface area (Å²) in [6, 6.07) is 10.7. The maximum atomic E-state index is 13.8. The number of benzene rings is 2. The minimum atomic E-state index is -0.502. The van der Waals surface area contributed by atoms with Crippen LogP contribution < -0.4 is 10.2 Å². The summed E-state index contributed by atoms with van der Waals surface area (Å²) in [5.74, 6) is -0.853. The van der Waals surface area contributed by atoms with Crippen LogP contribution in [0, 0.1) is 12.7 Å². The first kappa shape index (κ1) is 17.8. The maximum absolute atomic E-state index is 13.8. The van der Waals surface area contributed by atoms with Crippen molar-refractivity contribution in [3.63, 3.8) is 0 Å². The second-order valence-corrected chi connectivity index (χ2v) is 6.05.